The predicted molar refractivity (Wildman–Crippen MR) is 73.6 cm³/mol. The number of nitrogens with zero attached hydrogens (tertiary/aromatic N) is 3. The van der Waals surface area contributed by atoms with Crippen LogP contribution >= 0.6 is 0 Å². The number of ether oxygens (including phenoxy) is 1. The van der Waals surface area contributed by atoms with Crippen molar-refractivity contribution in [3.63, 3.8) is 0 Å². The molecule has 1 aromatic heterocycles. The number of methoxy groups -OCH3 is 1. The maximum atomic E-state index is 11.9. The molecule has 0 saturated carbocycles. The van der Waals surface area contributed by atoms with E-state index in [-0.39, 0.29) is 11.9 Å². The Morgan fingerprint density at radius 3 is 2.95 bits per heavy atom. The first kappa shape index (κ1) is 15.2. The van der Waals surface area contributed by atoms with Crippen LogP contribution in [0, 0.1) is 6.92 Å². The molecule has 1 aromatic rings. The topological polar surface area (TPSA) is 76.5 Å². The van der Waals surface area contributed by atoms with Gasteiger partial charge in [0, 0.05) is 19.8 Å². The number of aryl methyl sites for hydroxylation is 1. The lowest BCUT2D eigenvalue weighted by Gasteiger charge is -2.13. The van der Waals surface area contributed by atoms with Gasteiger partial charge in [0.15, 0.2) is 0 Å². The van der Waals surface area contributed by atoms with Gasteiger partial charge in [-0.25, -0.2) is 15.0 Å². The van der Waals surface area contributed by atoms with Crippen molar-refractivity contribution in [2.24, 2.45) is 4.99 Å². The summed E-state index contributed by atoms with van der Waals surface area (Å²) in [6.07, 6.45) is 3.81. The van der Waals surface area contributed by atoms with Gasteiger partial charge in [0.1, 0.15) is 17.7 Å². The number of aromatic nitrogens is 2. The van der Waals surface area contributed by atoms with Crippen LogP contribution in [0.5, 0.6) is 0 Å². The number of rotatable bonds is 6. The Bertz CT molecular complexity index is 460. The van der Waals surface area contributed by atoms with Crippen molar-refractivity contribution in [3.05, 3.63) is 18.2 Å². The van der Waals surface area contributed by atoms with E-state index in [1.54, 1.807) is 20.2 Å². The van der Waals surface area contributed by atoms with E-state index in [1.807, 2.05) is 13.8 Å². The van der Waals surface area contributed by atoms with Gasteiger partial charge in [0.2, 0.25) is 0 Å². The predicted octanol–water partition coefficient (Wildman–Crippen LogP) is 1.42. The number of nitrogens with one attached hydrogen (secondary N) is 1. The molecule has 1 N–H and O–H groups in total. The van der Waals surface area contributed by atoms with Crippen molar-refractivity contribution >= 4 is 17.3 Å². The third-order valence-corrected chi connectivity index (χ3v) is 2.63. The van der Waals surface area contributed by atoms with Gasteiger partial charge in [-0.2, -0.15) is 0 Å². The van der Waals surface area contributed by atoms with Crippen LogP contribution in [0.2, 0.25) is 0 Å². The number of hydrogen-bond acceptors (Lipinski definition) is 5. The summed E-state index contributed by atoms with van der Waals surface area (Å²) >= 11 is 0. The minimum absolute atomic E-state index is 0.0470. The van der Waals surface area contributed by atoms with E-state index >= 15 is 0 Å². The maximum absolute atomic E-state index is 11.9. The molecule has 0 radical (unpaired) electrons. The summed E-state index contributed by atoms with van der Waals surface area (Å²) in [7, 11) is 1.64. The largest absolute Gasteiger partial charge is 0.385 e. The molecule has 1 atom stereocenters. The zero-order valence-corrected chi connectivity index (χ0v) is 11.8. The van der Waals surface area contributed by atoms with Gasteiger partial charge in [-0.1, -0.05) is 0 Å². The molecule has 19 heavy (non-hydrogen) atoms. The highest BCUT2D eigenvalue weighted by atomic mass is 16.5. The molecular weight excluding hydrogens is 244 g/mol. The van der Waals surface area contributed by atoms with E-state index in [0.29, 0.717) is 18.0 Å². The molecule has 0 spiro atoms. The SMILES string of the molecule is COCCC(C)NC(=O)C(C)=Nc1cncnc1C. The van der Waals surface area contributed by atoms with Crippen LogP contribution in [0.1, 0.15) is 26.0 Å². The van der Waals surface area contributed by atoms with Gasteiger partial charge in [-0.15, -0.1) is 0 Å². The van der Waals surface area contributed by atoms with E-state index in [4.69, 9.17) is 4.74 Å². The van der Waals surface area contributed by atoms with Crippen molar-refractivity contribution in [3.8, 4) is 0 Å². The Hall–Kier alpha value is -1.82. The van der Waals surface area contributed by atoms with Crippen LogP contribution in [0.4, 0.5) is 5.69 Å². The number of carbonyl (C=O) groups excluding carboxylic acids is 1. The lowest BCUT2D eigenvalue weighted by Crippen LogP contribution is -2.37. The van der Waals surface area contributed by atoms with Crippen LogP contribution in [0.15, 0.2) is 17.5 Å². The highest BCUT2D eigenvalue weighted by Gasteiger charge is 2.10. The standard InChI is InChI=1S/C13H20N4O2/c1-9(5-6-19-4)16-13(18)11(3)17-12-7-14-8-15-10(12)2/h7-9H,5-6H2,1-4H3,(H,16,18). The van der Waals surface area contributed by atoms with E-state index in [0.717, 1.165) is 12.1 Å². The van der Waals surface area contributed by atoms with E-state index in [1.165, 1.54) is 6.33 Å². The molecule has 0 saturated heterocycles. The van der Waals surface area contributed by atoms with Crippen molar-refractivity contribution < 1.29 is 9.53 Å². The van der Waals surface area contributed by atoms with Gasteiger partial charge >= 0.3 is 0 Å². The van der Waals surface area contributed by atoms with Crippen LogP contribution in [-0.4, -0.2) is 41.3 Å². The van der Waals surface area contributed by atoms with E-state index in [2.05, 4.69) is 20.3 Å². The lowest BCUT2D eigenvalue weighted by atomic mass is 10.2. The third-order valence-electron chi connectivity index (χ3n) is 2.63. The first-order valence-electron chi connectivity index (χ1n) is 6.16. The normalized spacial score (nSPS) is 13.2. The molecule has 6 heteroatoms. The maximum Gasteiger partial charge on any atom is 0.265 e. The highest BCUT2D eigenvalue weighted by molar-refractivity contribution is 6.38. The lowest BCUT2D eigenvalue weighted by molar-refractivity contribution is -0.115. The van der Waals surface area contributed by atoms with Crippen molar-refractivity contribution in [2.75, 3.05) is 13.7 Å². The molecule has 0 aliphatic heterocycles. The summed E-state index contributed by atoms with van der Waals surface area (Å²) in [5, 5.41) is 2.86. The molecule has 0 aromatic carbocycles. The molecule has 0 aliphatic carbocycles. The Kier molecular flexibility index (Phi) is 6.08. The molecule has 1 amide bonds. The summed E-state index contributed by atoms with van der Waals surface area (Å²) in [4.78, 5) is 24.1. The Labute approximate surface area is 113 Å². The van der Waals surface area contributed by atoms with Gasteiger partial charge in [-0.05, 0) is 27.2 Å². The van der Waals surface area contributed by atoms with Crippen LogP contribution in [0.3, 0.4) is 0 Å². The van der Waals surface area contributed by atoms with E-state index < -0.39 is 0 Å². The zero-order chi connectivity index (χ0) is 14.3. The molecular formula is C13H20N4O2. The smallest absolute Gasteiger partial charge is 0.265 e. The van der Waals surface area contributed by atoms with Crippen LogP contribution in [0.25, 0.3) is 0 Å². The van der Waals surface area contributed by atoms with Crippen LogP contribution in [-0.2, 0) is 9.53 Å². The van der Waals surface area contributed by atoms with Gasteiger partial charge in [-0.3, -0.25) is 4.79 Å². The third kappa shape index (κ3) is 5.13. The quantitative estimate of drug-likeness (QED) is 0.788. The van der Waals surface area contributed by atoms with Crippen molar-refractivity contribution in [1.29, 1.82) is 0 Å². The first-order chi connectivity index (χ1) is 9.04. The summed E-state index contributed by atoms with van der Waals surface area (Å²) in [5.74, 6) is -0.188. The fourth-order valence-electron chi connectivity index (χ4n) is 1.42. The molecule has 6 nitrogen and oxygen atoms in total. The molecule has 1 heterocycles. The Balaban J connectivity index is 2.64. The highest BCUT2D eigenvalue weighted by Crippen LogP contribution is 2.13. The second-order valence-corrected chi connectivity index (χ2v) is 4.35. The summed E-state index contributed by atoms with van der Waals surface area (Å²) in [6, 6.07) is 0.0470. The Morgan fingerprint density at radius 2 is 2.32 bits per heavy atom. The molecule has 0 aliphatic rings. The molecule has 1 rings (SSSR count). The average molecular weight is 264 g/mol. The van der Waals surface area contributed by atoms with Gasteiger partial charge in [0.05, 0.1) is 11.9 Å². The fraction of sp³-hybridized carbons (Fsp3) is 0.538. The van der Waals surface area contributed by atoms with Crippen molar-refractivity contribution in [2.45, 2.75) is 33.2 Å². The number of carbonyl (C=O) groups is 1. The first-order valence-corrected chi connectivity index (χ1v) is 6.16. The molecule has 0 bridgehead atoms. The second kappa shape index (κ2) is 7.58. The molecule has 0 fully saturated rings. The average Bonchev–Trinajstić information content (AvgIpc) is 2.38. The van der Waals surface area contributed by atoms with E-state index in [9.17, 15) is 4.79 Å². The zero-order valence-electron chi connectivity index (χ0n) is 11.8. The minimum atomic E-state index is -0.188. The van der Waals surface area contributed by atoms with Crippen LogP contribution < -0.4 is 5.32 Å². The minimum Gasteiger partial charge on any atom is -0.385 e. The second-order valence-electron chi connectivity index (χ2n) is 4.35. The Morgan fingerprint density at radius 1 is 1.58 bits per heavy atom. The molecule has 104 valence electrons. The molecule has 1 unspecified atom stereocenters. The van der Waals surface area contributed by atoms with Crippen molar-refractivity contribution in [1.82, 2.24) is 15.3 Å². The van der Waals surface area contributed by atoms with Gasteiger partial charge < -0.3 is 10.1 Å². The summed E-state index contributed by atoms with van der Waals surface area (Å²) in [5.41, 5.74) is 1.75. The van der Waals surface area contributed by atoms with Gasteiger partial charge in [0.25, 0.3) is 5.91 Å². The fourth-order valence-corrected chi connectivity index (χ4v) is 1.42. The number of aliphatic imine (C=N–C) groups is 1. The summed E-state index contributed by atoms with van der Waals surface area (Å²) in [6.45, 7) is 6.04. The number of hydrogen-bond donors (Lipinski definition) is 1. The summed E-state index contributed by atoms with van der Waals surface area (Å²) < 4.78 is 4.97. The monoisotopic (exact) mass is 264 g/mol. The number of amides is 1.